The zero-order valence-electron chi connectivity index (χ0n) is 17.3. The van der Waals surface area contributed by atoms with E-state index < -0.39 is 0 Å². The van der Waals surface area contributed by atoms with Crippen LogP contribution < -0.4 is 10.1 Å². The Morgan fingerprint density at radius 3 is 2.68 bits per heavy atom. The number of rotatable bonds is 6. The molecule has 0 aliphatic carbocycles. The molecule has 1 saturated heterocycles. The summed E-state index contributed by atoms with van der Waals surface area (Å²) < 4.78 is 6.84. The van der Waals surface area contributed by atoms with Gasteiger partial charge in [-0.05, 0) is 47.5 Å². The molecule has 0 spiro atoms. The van der Waals surface area contributed by atoms with Crippen LogP contribution >= 0.6 is 0 Å². The molecule has 1 N–H and O–H groups in total. The number of ether oxygens (including phenoxy) is 1. The Kier molecular flexibility index (Phi) is 6.21. The summed E-state index contributed by atoms with van der Waals surface area (Å²) in [6, 6.07) is 14.7. The first kappa shape index (κ1) is 20.5. The topological polar surface area (TPSA) is 102 Å². The first-order valence-corrected chi connectivity index (χ1v) is 10.2. The van der Waals surface area contributed by atoms with Gasteiger partial charge in [0.15, 0.2) is 0 Å². The van der Waals surface area contributed by atoms with Gasteiger partial charge in [-0.2, -0.15) is 0 Å². The maximum Gasteiger partial charge on any atom is 0.251 e. The highest BCUT2D eigenvalue weighted by atomic mass is 16.5. The van der Waals surface area contributed by atoms with Crippen LogP contribution in [0.5, 0.6) is 5.75 Å². The van der Waals surface area contributed by atoms with Crippen molar-refractivity contribution in [2.75, 3.05) is 20.2 Å². The Bertz CT molecular complexity index is 1040. The number of para-hydroxylation sites is 1. The van der Waals surface area contributed by atoms with Crippen LogP contribution in [0.15, 0.2) is 54.9 Å². The normalized spacial score (nSPS) is 14.3. The number of likely N-dealkylation sites (tertiary alicyclic amines) is 1. The van der Waals surface area contributed by atoms with Crippen LogP contribution in [0.4, 0.5) is 0 Å². The van der Waals surface area contributed by atoms with Crippen molar-refractivity contribution in [3.8, 4) is 11.4 Å². The largest absolute Gasteiger partial charge is 0.496 e. The minimum atomic E-state index is -0.145. The number of tetrazole rings is 1. The maximum absolute atomic E-state index is 12.7. The molecule has 31 heavy (non-hydrogen) atoms. The molecule has 2 aromatic carbocycles. The van der Waals surface area contributed by atoms with Crippen molar-refractivity contribution in [1.29, 1.82) is 0 Å². The monoisotopic (exact) mass is 420 g/mol. The molecule has 4 rings (SSSR count). The van der Waals surface area contributed by atoms with Gasteiger partial charge in [0.2, 0.25) is 5.91 Å². The first-order chi connectivity index (χ1) is 15.1. The number of piperidine rings is 1. The van der Waals surface area contributed by atoms with Crippen LogP contribution in [0.25, 0.3) is 5.69 Å². The minimum absolute atomic E-state index is 0.0273. The molecule has 2 heterocycles. The Morgan fingerprint density at radius 1 is 1.13 bits per heavy atom. The summed E-state index contributed by atoms with van der Waals surface area (Å²) in [5, 5.41) is 14.2. The number of aromatic nitrogens is 4. The Labute approximate surface area is 180 Å². The standard InChI is InChI=1S/C22H24N6O3/c1-31-20-8-3-2-5-16(20)14-21(29)27-11-9-18(10-12-27)24-22(30)17-6-4-7-19(13-17)28-15-23-25-26-28/h2-8,13,15,18H,9-12,14H2,1H3,(H,24,30). The summed E-state index contributed by atoms with van der Waals surface area (Å²) in [7, 11) is 1.61. The van der Waals surface area contributed by atoms with Gasteiger partial charge in [-0.15, -0.1) is 5.10 Å². The van der Waals surface area contributed by atoms with Crippen molar-refractivity contribution >= 4 is 11.8 Å². The Balaban J connectivity index is 1.30. The van der Waals surface area contributed by atoms with E-state index in [-0.39, 0.29) is 17.9 Å². The molecule has 1 fully saturated rings. The number of hydrogen-bond donors (Lipinski definition) is 1. The average molecular weight is 420 g/mol. The van der Waals surface area contributed by atoms with Gasteiger partial charge in [-0.25, -0.2) is 4.68 Å². The molecule has 0 unspecified atom stereocenters. The van der Waals surface area contributed by atoms with Crippen molar-refractivity contribution in [3.05, 3.63) is 66.0 Å². The second kappa shape index (κ2) is 9.38. The van der Waals surface area contributed by atoms with E-state index in [1.54, 1.807) is 25.3 Å². The van der Waals surface area contributed by atoms with Crippen LogP contribution in [-0.4, -0.2) is 63.2 Å². The third-order valence-electron chi connectivity index (χ3n) is 5.44. The highest BCUT2D eigenvalue weighted by molar-refractivity contribution is 5.95. The van der Waals surface area contributed by atoms with Crippen LogP contribution in [0.1, 0.15) is 28.8 Å². The van der Waals surface area contributed by atoms with Gasteiger partial charge in [-0.3, -0.25) is 9.59 Å². The first-order valence-electron chi connectivity index (χ1n) is 10.2. The molecule has 160 valence electrons. The predicted molar refractivity (Wildman–Crippen MR) is 113 cm³/mol. The van der Waals surface area contributed by atoms with Crippen molar-refractivity contribution in [1.82, 2.24) is 30.4 Å². The van der Waals surface area contributed by atoms with Crippen molar-refractivity contribution in [2.24, 2.45) is 0 Å². The number of amides is 2. The van der Waals surface area contributed by atoms with E-state index in [1.807, 2.05) is 35.2 Å². The second-order valence-corrected chi connectivity index (χ2v) is 7.42. The van der Waals surface area contributed by atoms with E-state index in [1.165, 1.54) is 11.0 Å². The second-order valence-electron chi connectivity index (χ2n) is 7.42. The zero-order valence-corrected chi connectivity index (χ0v) is 17.3. The quantitative estimate of drug-likeness (QED) is 0.650. The number of carbonyl (C=O) groups excluding carboxylic acids is 2. The molecule has 0 saturated carbocycles. The Morgan fingerprint density at radius 2 is 1.94 bits per heavy atom. The molecule has 9 nitrogen and oxygen atoms in total. The minimum Gasteiger partial charge on any atom is -0.496 e. The summed E-state index contributed by atoms with van der Waals surface area (Å²) in [5.41, 5.74) is 2.14. The molecule has 1 aromatic heterocycles. The van der Waals surface area contributed by atoms with Crippen LogP contribution in [0, 0.1) is 0 Å². The lowest BCUT2D eigenvalue weighted by Gasteiger charge is -2.32. The lowest BCUT2D eigenvalue weighted by atomic mass is 10.0. The third kappa shape index (κ3) is 4.88. The van der Waals surface area contributed by atoms with E-state index in [4.69, 9.17) is 4.74 Å². The molecule has 0 atom stereocenters. The fourth-order valence-electron chi connectivity index (χ4n) is 3.73. The number of nitrogens with one attached hydrogen (secondary N) is 1. The maximum atomic E-state index is 12.7. The van der Waals surface area contributed by atoms with Gasteiger partial charge in [0.25, 0.3) is 5.91 Å². The third-order valence-corrected chi connectivity index (χ3v) is 5.44. The van der Waals surface area contributed by atoms with Gasteiger partial charge >= 0.3 is 0 Å². The number of methoxy groups -OCH3 is 1. The zero-order chi connectivity index (χ0) is 21.6. The highest BCUT2D eigenvalue weighted by Gasteiger charge is 2.25. The summed E-state index contributed by atoms with van der Waals surface area (Å²) in [6.07, 6.45) is 3.23. The fourth-order valence-corrected chi connectivity index (χ4v) is 3.73. The summed E-state index contributed by atoms with van der Waals surface area (Å²) in [4.78, 5) is 27.3. The number of benzene rings is 2. The summed E-state index contributed by atoms with van der Waals surface area (Å²) >= 11 is 0. The molecule has 0 radical (unpaired) electrons. The molecule has 3 aromatic rings. The van der Waals surface area contributed by atoms with Crippen LogP contribution in [0.3, 0.4) is 0 Å². The van der Waals surface area contributed by atoms with Crippen LogP contribution in [0.2, 0.25) is 0 Å². The van der Waals surface area contributed by atoms with Crippen molar-refractivity contribution < 1.29 is 14.3 Å². The van der Waals surface area contributed by atoms with Gasteiger partial charge in [0, 0.05) is 30.3 Å². The molecule has 2 amide bonds. The van der Waals surface area contributed by atoms with E-state index in [9.17, 15) is 9.59 Å². The van der Waals surface area contributed by atoms with Gasteiger partial charge in [0.1, 0.15) is 12.1 Å². The SMILES string of the molecule is COc1ccccc1CC(=O)N1CCC(NC(=O)c2cccc(-n3cnnn3)c2)CC1. The van der Waals surface area contributed by atoms with Crippen LogP contribution in [-0.2, 0) is 11.2 Å². The van der Waals surface area contributed by atoms with E-state index in [0.717, 1.165) is 29.8 Å². The molecule has 1 aliphatic rings. The molecule has 9 heteroatoms. The smallest absolute Gasteiger partial charge is 0.251 e. The average Bonchev–Trinajstić information content (AvgIpc) is 3.35. The van der Waals surface area contributed by atoms with Gasteiger partial charge < -0.3 is 15.0 Å². The number of nitrogens with zero attached hydrogens (tertiary/aromatic N) is 5. The molecule has 1 aliphatic heterocycles. The summed E-state index contributed by atoms with van der Waals surface area (Å²) in [6.45, 7) is 1.23. The van der Waals surface area contributed by atoms with E-state index in [0.29, 0.717) is 25.1 Å². The lowest BCUT2D eigenvalue weighted by Crippen LogP contribution is -2.47. The van der Waals surface area contributed by atoms with Crippen molar-refractivity contribution in [3.63, 3.8) is 0 Å². The van der Waals surface area contributed by atoms with E-state index >= 15 is 0 Å². The van der Waals surface area contributed by atoms with Crippen molar-refractivity contribution in [2.45, 2.75) is 25.3 Å². The highest BCUT2D eigenvalue weighted by Crippen LogP contribution is 2.20. The Hall–Kier alpha value is -3.75. The number of carbonyl (C=O) groups is 2. The number of hydrogen-bond acceptors (Lipinski definition) is 6. The lowest BCUT2D eigenvalue weighted by molar-refractivity contribution is -0.131. The van der Waals surface area contributed by atoms with E-state index in [2.05, 4.69) is 20.8 Å². The predicted octanol–water partition coefficient (Wildman–Crippen LogP) is 1.63. The molecular weight excluding hydrogens is 396 g/mol. The molecule has 0 bridgehead atoms. The summed E-state index contributed by atoms with van der Waals surface area (Å²) in [5.74, 6) is 0.652. The van der Waals surface area contributed by atoms with Gasteiger partial charge in [0.05, 0.1) is 19.2 Å². The van der Waals surface area contributed by atoms with Gasteiger partial charge in [-0.1, -0.05) is 24.3 Å². The molecular formula is C22H24N6O3. The fraction of sp³-hybridized carbons (Fsp3) is 0.318.